The van der Waals surface area contributed by atoms with Crippen molar-refractivity contribution in [1.29, 1.82) is 0 Å². The molecule has 24 heavy (non-hydrogen) atoms. The van der Waals surface area contributed by atoms with Crippen LogP contribution in [0.4, 0.5) is 0 Å². The summed E-state index contributed by atoms with van der Waals surface area (Å²) in [6.07, 6.45) is 1.73. The van der Waals surface area contributed by atoms with Crippen molar-refractivity contribution in [3.05, 3.63) is 28.3 Å². The van der Waals surface area contributed by atoms with Gasteiger partial charge >= 0.3 is 0 Å². The Morgan fingerprint density at radius 2 is 1.96 bits per heavy atom. The lowest BCUT2D eigenvalue weighted by atomic mass is 9.84. The largest absolute Gasteiger partial charge is 0.508 e. The quantitative estimate of drug-likeness (QED) is 0.758. The zero-order valence-electron chi connectivity index (χ0n) is 14.3. The molecule has 1 saturated heterocycles. The highest BCUT2D eigenvalue weighted by Crippen LogP contribution is 2.38. The van der Waals surface area contributed by atoms with E-state index in [9.17, 15) is 9.90 Å². The number of rotatable bonds is 5. The predicted octanol–water partition coefficient (Wildman–Crippen LogP) is 2.79. The van der Waals surface area contributed by atoms with Crippen LogP contribution in [0.3, 0.4) is 0 Å². The summed E-state index contributed by atoms with van der Waals surface area (Å²) in [4.78, 5) is 13.6. The third-order valence-corrected chi connectivity index (χ3v) is 5.18. The average molecular weight is 355 g/mol. The molecule has 0 aromatic heterocycles. The standard InChI is InChI=1S/C18H27ClN2O3/c1-11(2)13-10-16(23)14(9-15(13)19)18(20)12-3-6-21(7-4-12)17(24)5-8-22/h9-12,18,22-23H,3-8,20H2,1-2H3. The zero-order chi connectivity index (χ0) is 17.9. The first-order valence-corrected chi connectivity index (χ1v) is 8.89. The molecule has 4 N–H and O–H groups in total. The van der Waals surface area contributed by atoms with Gasteiger partial charge in [0.2, 0.25) is 5.91 Å². The first-order valence-electron chi connectivity index (χ1n) is 8.51. The van der Waals surface area contributed by atoms with Crippen LogP contribution in [0, 0.1) is 5.92 Å². The predicted molar refractivity (Wildman–Crippen MR) is 95.1 cm³/mol. The number of amides is 1. The molecule has 5 nitrogen and oxygen atoms in total. The maximum Gasteiger partial charge on any atom is 0.224 e. The minimum Gasteiger partial charge on any atom is -0.508 e. The van der Waals surface area contributed by atoms with Crippen LogP contribution in [0.5, 0.6) is 5.75 Å². The second-order valence-electron chi connectivity index (χ2n) is 6.80. The van der Waals surface area contributed by atoms with Crippen molar-refractivity contribution in [2.24, 2.45) is 11.7 Å². The molecule has 134 valence electrons. The molecule has 6 heteroatoms. The van der Waals surface area contributed by atoms with Gasteiger partial charge in [-0.15, -0.1) is 0 Å². The number of piperidine rings is 1. The first-order chi connectivity index (χ1) is 11.3. The van der Waals surface area contributed by atoms with Crippen LogP contribution >= 0.6 is 11.6 Å². The number of aliphatic hydroxyl groups is 1. The van der Waals surface area contributed by atoms with E-state index in [0.717, 1.165) is 18.4 Å². The topological polar surface area (TPSA) is 86.8 Å². The number of hydrogen-bond acceptors (Lipinski definition) is 4. The highest BCUT2D eigenvalue weighted by molar-refractivity contribution is 6.31. The molecular weight excluding hydrogens is 328 g/mol. The minimum absolute atomic E-state index is 0.0169. The van der Waals surface area contributed by atoms with Gasteiger partial charge in [0.05, 0.1) is 6.61 Å². The molecule has 0 radical (unpaired) electrons. The van der Waals surface area contributed by atoms with Crippen LogP contribution in [0.25, 0.3) is 0 Å². The van der Waals surface area contributed by atoms with E-state index in [0.29, 0.717) is 23.7 Å². The van der Waals surface area contributed by atoms with Gasteiger partial charge in [-0.3, -0.25) is 4.79 Å². The van der Waals surface area contributed by atoms with Gasteiger partial charge in [0, 0.05) is 36.1 Å². The molecule has 1 amide bonds. The van der Waals surface area contributed by atoms with Crippen LogP contribution in [-0.2, 0) is 4.79 Å². The van der Waals surface area contributed by atoms with Gasteiger partial charge in [-0.25, -0.2) is 0 Å². The number of likely N-dealkylation sites (tertiary alicyclic amines) is 1. The lowest BCUT2D eigenvalue weighted by molar-refractivity contribution is -0.133. The molecule has 1 heterocycles. The summed E-state index contributed by atoms with van der Waals surface area (Å²) in [6, 6.07) is 3.18. The van der Waals surface area contributed by atoms with Crippen molar-refractivity contribution < 1.29 is 15.0 Å². The molecule has 1 aromatic rings. The summed E-state index contributed by atoms with van der Waals surface area (Å²) in [5.74, 6) is 0.593. The normalized spacial score (nSPS) is 17.3. The maximum atomic E-state index is 11.8. The monoisotopic (exact) mass is 354 g/mol. The Morgan fingerprint density at radius 3 is 2.50 bits per heavy atom. The molecule has 1 fully saturated rings. The lowest BCUT2D eigenvalue weighted by Crippen LogP contribution is -2.41. The number of benzene rings is 1. The number of hydrogen-bond donors (Lipinski definition) is 3. The average Bonchev–Trinajstić information content (AvgIpc) is 2.56. The summed E-state index contributed by atoms with van der Waals surface area (Å²) < 4.78 is 0. The summed E-state index contributed by atoms with van der Waals surface area (Å²) in [6.45, 7) is 5.21. The number of carbonyl (C=O) groups is 1. The molecule has 1 aliphatic rings. The van der Waals surface area contributed by atoms with Gasteiger partial charge in [0.25, 0.3) is 0 Å². The van der Waals surface area contributed by atoms with Crippen LogP contribution in [0.1, 0.15) is 56.2 Å². The molecule has 0 aliphatic carbocycles. The second-order valence-corrected chi connectivity index (χ2v) is 7.21. The van der Waals surface area contributed by atoms with Gasteiger partial charge in [0.15, 0.2) is 0 Å². The molecule has 1 aliphatic heterocycles. The van der Waals surface area contributed by atoms with E-state index in [1.807, 2.05) is 13.8 Å². The minimum atomic E-state index is -0.307. The summed E-state index contributed by atoms with van der Waals surface area (Å²) in [7, 11) is 0. The van der Waals surface area contributed by atoms with Crippen LogP contribution in [-0.4, -0.2) is 40.7 Å². The molecular formula is C18H27ClN2O3. The van der Waals surface area contributed by atoms with Gasteiger partial charge < -0.3 is 20.8 Å². The molecule has 0 saturated carbocycles. The molecule has 1 aromatic carbocycles. The molecule has 2 rings (SSSR count). The summed E-state index contributed by atoms with van der Waals surface area (Å²) in [5.41, 5.74) is 7.97. The van der Waals surface area contributed by atoms with Crippen molar-refractivity contribution in [3.63, 3.8) is 0 Å². The van der Waals surface area contributed by atoms with Gasteiger partial charge in [-0.05, 0) is 42.4 Å². The maximum absolute atomic E-state index is 11.8. The van der Waals surface area contributed by atoms with Crippen molar-refractivity contribution >= 4 is 17.5 Å². The van der Waals surface area contributed by atoms with Gasteiger partial charge in [0.1, 0.15) is 5.75 Å². The Labute approximate surface area is 148 Å². The number of nitrogens with zero attached hydrogens (tertiary/aromatic N) is 1. The van der Waals surface area contributed by atoms with E-state index in [1.54, 1.807) is 17.0 Å². The van der Waals surface area contributed by atoms with E-state index in [4.69, 9.17) is 22.4 Å². The Kier molecular flexibility index (Phi) is 6.49. The van der Waals surface area contributed by atoms with Gasteiger partial charge in [-0.2, -0.15) is 0 Å². The lowest BCUT2D eigenvalue weighted by Gasteiger charge is -2.35. The summed E-state index contributed by atoms with van der Waals surface area (Å²) >= 11 is 6.34. The fourth-order valence-corrected chi connectivity index (χ4v) is 3.71. The SMILES string of the molecule is CC(C)c1cc(O)c(C(N)C2CCN(C(=O)CCO)CC2)cc1Cl. The van der Waals surface area contributed by atoms with Crippen LogP contribution < -0.4 is 5.73 Å². The number of halogens is 1. The molecule has 0 bridgehead atoms. The molecule has 1 atom stereocenters. The Bertz CT molecular complexity index is 584. The molecule has 0 spiro atoms. The van der Waals surface area contributed by atoms with Crippen molar-refractivity contribution in [2.45, 2.75) is 45.1 Å². The fraction of sp³-hybridized carbons (Fsp3) is 0.611. The smallest absolute Gasteiger partial charge is 0.224 e. The van der Waals surface area contributed by atoms with E-state index in [-0.39, 0.29) is 42.6 Å². The Hall–Kier alpha value is -1.30. The highest BCUT2D eigenvalue weighted by atomic mass is 35.5. The van der Waals surface area contributed by atoms with Crippen molar-refractivity contribution in [1.82, 2.24) is 4.90 Å². The van der Waals surface area contributed by atoms with Crippen molar-refractivity contribution in [3.8, 4) is 5.75 Å². The van der Waals surface area contributed by atoms with Crippen LogP contribution in [0.2, 0.25) is 5.02 Å². The second kappa shape index (κ2) is 8.19. The Morgan fingerprint density at radius 1 is 1.33 bits per heavy atom. The number of phenols is 1. The van der Waals surface area contributed by atoms with E-state index >= 15 is 0 Å². The van der Waals surface area contributed by atoms with E-state index in [1.165, 1.54) is 0 Å². The number of carbonyl (C=O) groups excluding carboxylic acids is 1. The third-order valence-electron chi connectivity index (χ3n) is 4.85. The van der Waals surface area contributed by atoms with Gasteiger partial charge in [-0.1, -0.05) is 25.4 Å². The highest BCUT2D eigenvalue weighted by Gasteiger charge is 2.29. The number of phenolic OH excluding ortho intramolecular Hbond substituents is 1. The third kappa shape index (κ3) is 4.21. The number of nitrogens with two attached hydrogens (primary N) is 1. The van der Waals surface area contributed by atoms with Crippen LogP contribution in [0.15, 0.2) is 12.1 Å². The van der Waals surface area contributed by atoms with E-state index in [2.05, 4.69) is 0 Å². The van der Waals surface area contributed by atoms with Crippen molar-refractivity contribution in [2.75, 3.05) is 19.7 Å². The fourth-order valence-electron chi connectivity index (χ4n) is 3.32. The molecule has 1 unspecified atom stereocenters. The number of aromatic hydroxyl groups is 1. The van der Waals surface area contributed by atoms with E-state index < -0.39 is 0 Å². The Balaban J connectivity index is 2.07. The summed E-state index contributed by atoms with van der Waals surface area (Å²) in [5, 5.41) is 19.8. The zero-order valence-corrected chi connectivity index (χ0v) is 15.1. The first kappa shape index (κ1) is 19.0. The number of aliphatic hydroxyl groups excluding tert-OH is 1.